The fraction of sp³-hybridized carbons (Fsp3) is 0.190. The number of fused-ring (bicyclic) bond motifs is 1. The van der Waals surface area contributed by atoms with Crippen LogP contribution in [0.1, 0.15) is 10.9 Å². The van der Waals surface area contributed by atoms with Gasteiger partial charge in [0.1, 0.15) is 5.37 Å². The van der Waals surface area contributed by atoms with E-state index >= 15 is 0 Å². The number of anilines is 2. The summed E-state index contributed by atoms with van der Waals surface area (Å²) in [5.41, 5.74) is 3.29. The smallest absolute Gasteiger partial charge is 0.238 e. The van der Waals surface area contributed by atoms with Crippen LogP contribution in [-0.4, -0.2) is 25.8 Å². The molecule has 1 atom stereocenters. The first kappa shape index (κ1) is 16.0. The van der Waals surface area contributed by atoms with Crippen molar-refractivity contribution in [2.24, 2.45) is 0 Å². The standard InChI is InChI=1S/C21H20N2OS/c1-22(2)16-10-12-17(13-11-16)23-20(24)14-25-21(23)19-9-5-7-15-6-3-4-8-18(15)19/h3-13,21H,14H2,1-2H3. The molecule has 126 valence electrons. The molecule has 0 spiro atoms. The Kier molecular flexibility index (Phi) is 4.14. The van der Waals surface area contributed by atoms with Gasteiger partial charge in [-0.05, 0) is 40.6 Å². The molecule has 3 nitrogen and oxygen atoms in total. The van der Waals surface area contributed by atoms with Gasteiger partial charge in [-0.1, -0.05) is 42.5 Å². The Morgan fingerprint density at radius 3 is 2.44 bits per heavy atom. The number of hydrogen-bond donors (Lipinski definition) is 0. The van der Waals surface area contributed by atoms with Crippen LogP contribution in [0.4, 0.5) is 11.4 Å². The third-order valence-corrected chi connectivity index (χ3v) is 5.80. The molecular weight excluding hydrogens is 328 g/mol. The molecule has 4 rings (SSSR count). The molecule has 1 aliphatic rings. The SMILES string of the molecule is CN(C)c1ccc(N2C(=O)CSC2c2cccc3ccccc23)cc1. The van der Waals surface area contributed by atoms with Gasteiger partial charge in [-0.2, -0.15) is 0 Å². The Balaban J connectivity index is 1.77. The quantitative estimate of drug-likeness (QED) is 0.686. The Labute approximate surface area is 152 Å². The van der Waals surface area contributed by atoms with Gasteiger partial charge in [-0.25, -0.2) is 0 Å². The summed E-state index contributed by atoms with van der Waals surface area (Å²) in [4.78, 5) is 16.6. The number of thioether (sulfide) groups is 1. The summed E-state index contributed by atoms with van der Waals surface area (Å²) in [6.07, 6.45) is 0. The van der Waals surface area contributed by atoms with Gasteiger partial charge in [0.25, 0.3) is 0 Å². The number of rotatable bonds is 3. The lowest BCUT2D eigenvalue weighted by atomic mass is 10.0. The molecule has 1 amide bonds. The van der Waals surface area contributed by atoms with Gasteiger partial charge in [-0.3, -0.25) is 9.69 Å². The van der Waals surface area contributed by atoms with E-state index in [1.54, 1.807) is 11.8 Å². The average Bonchev–Trinajstić information content (AvgIpc) is 3.02. The van der Waals surface area contributed by atoms with Crippen molar-refractivity contribution in [3.8, 4) is 0 Å². The number of amides is 1. The lowest BCUT2D eigenvalue weighted by molar-refractivity contribution is -0.115. The van der Waals surface area contributed by atoms with E-state index in [4.69, 9.17) is 0 Å². The zero-order chi connectivity index (χ0) is 17.4. The predicted octanol–water partition coefficient (Wildman–Crippen LogP) is 4.68. The molecule has 3 aromatic carbocycles. The topological polar surface area (TPSA) is 23.6 Å². The van der Waals surface area contributed by atoms with Crippen LogP contribution in [0, 0.1) is 0 Å². The molecule has 1 aliphatic heterocycles. The van der Waals surface area contributed by atoms with Crippen molar-refractivity contribution in [2.75, 3.05) is 29.6 Å². The van der Waals surface area contributed by atoms with E-state index in [1.807, 2.05) is 31.1 Å². The zero-order valence-electron chi connectivity index (χ0n) is 14.3. The zero-order valence-corrected chi connectivity index (χ0v) is 15.2. The van der Waals surface area contributed by atoms with Gasteiger partial charge in [-0.15, -0.1) is 11.8 Å². The highest BCUT2D eigenvalue weighted by Gasteiger charge is 2.34. The highest BCUT2D eigenvalue weighted by Crippen LogP contribution is 2.44. The van der Waals surface area contributed by atoms with Crippen LogP contribution >= 0.6 is 11.8 Å². The summed E-state index contributed by atoms with van der Waals surface area (Å²) in [6, 6.07) is 22.9. The van der Waals surface area contributed by atoms with Crippen LogP contribution in [0.3, 0.4) is 0 Å². The Hall–Kier alpha value is -2.46. The highest BCUT2D eigenvalue weighted by atomic mass is 32.2. The number of carbonyl (C=O) groups is 1. The highest BCUT2D eigenvalue weighted by molar-refractivity contribution is 8.00. The fourth-order valence-corrected chi connectivity index (χ4v) is 4.52. The van der Waals surface area contributed by atoms with Gasteiger partial charge >= 0.3 is 0 Å². The first-order valence-electron chi connectivity index (χ1n) is 8.34. The summed E-state index contributed by atoms with van der Waals surface area (Å²) in [6.45, 7) is 0. The van der Waals surface area contributed by atoms with E-state index in [2.05, 4.69) is 59.5 Å². The molecule has 1 unspecified atom stereocenters. The molecule has 25 heavy (non-hydrogen) atoms. The van der Waals surface area contributed by atoms with Crippen LogP contribution < -0.4 is 9.80 Å². The molecular formula is C21H20N2OS. The van der Waals surface area contributed by atoms with Crippen LogP contribution in [-0.2, 0) is 4.79 Å². The van der Waals surface area contributed by atoms with E-state index in [0.717, 1.165) is 11.4 Å². The maximum Gasteiger partial charge on any atom is 0.238 e. The third kappa shape index (κ3) is 2.87. The van der Waals surface area contributed by atoms with E-state index in [-0.39, 0.29) is 11.3 Å². The minimum absolute atomic E-state index is 0.0174. The van der Waals surface area contributed by atoms with Gasteiger partial charge in [0.05, 0.1) is 5.75 Å². The van der Waals surface area contributed by atoms with Gasteiger partial charge < -0.3 is 4.90 Å². The monoisotopic (exact) mass is 348 g/mol. The van der Waals surface area contributed by atoms with Crippen molar-refractivity contribution in [1.29, 1.82) is 0 Å². The molecule has 1 saturated heterocycles. The van der Waals surface area contributed by atoms with Crippen molar-refractivity contribution >= 4 is 39.8 Å². The summed E-state index contributed by atoms with van der Waals surface area (Å²) in [5, 5.41) is 2.44. The van der Waals surface area contributed by atoms with Gasteiger partial charge in [0, 0.05) is 25.5 Å². The van der Waals surface area contributed by atoms with Crippen LogP contribution in [0.5, 0.6) is 0 Å². The molecule has 0 aliphatic carbocycles. The lowest BCUT2D eigenvalue weighted by Gasteiger charge is -2.26. The van der Waals surface area contributed by atoms with E-state index in [9.17, 15) is 4.79 Å². The van der Waals surface area contributed by atoms with Crippen molar-refractivity contribution < 1.29 is 4.79 Å². The summed E-state index contributed by atoms with van der Waals surface area (Å²) in [7, 11) is 4.04. The lowest BCUT2D eigenvalue weighted by Crippen LogP contribution is -2.27. The Bertz CT molecular complexity index is 915. The second kappa shape index (κ2) is 6.45. The third-order valence-electron chi connectivity index (χ3n) is 4.60. The fourth-order valence-electron chi connectivity index (χ4n) is 3.31. The molecule has 0 bridgehead atoms. The van der Waals surface area contributed by atoms with Crippen molar-refractivity contribution in [3.63, 3.8) is 0 Å². The second-order valence-corrected chi connectivity index (χ2v) is 7.47. The molecule has 0 radical (unpaired) electrons. The maximum atomic E-state index is 12.6. The molecule has 4 heteroatoms. The number of benzene rings is 3. The van der Waals surface area contributed by atoms with Gasteiger partial charge in [0.15, 0.2) is 0 Å². The van der Waals surface area contributed by atoms with Crippen molar-refractivity contribution in [3.05, 3.63) is 72.3 Å². The minimum Gasteiger partial charge on any atom is -0.378 e. The van der Waals surface area contributed by atoms with Crippen LogP contribution in [0.15, 0.2) is 66.7 Å². The first-order chi connectivity index (χ1) is 12.1. The van der Waals surface area contributed by atoms with E-state index < -0.39 is 0 Å². The average molecular weight is 348 g/mol. The van der Waals surface area contributed by atoms with Crippen molar-refractivity contribution in [2.45, 2.75) is 5.37 Å². The molecule has 0 aromatic heterocycles. The largest absolute Gasteiger partial charge is 0.378 e. The predicted molar refractivity (Wildman–Crippen MR) is 107 cm³/mol. The normalized spacial score (nSPS) is 17.3. The number of nitrogens with zero attached hydrogens (tertiary/aromatic N) is 2. The maximum absolute atomic E-state index is 12.6. The van der Waals surface area contributed by atoms with E-state index in [1.165, 1.54) is 16.3 Å². The minimum atomic E-state index is 0.0174. The summed E-state index contributed by atoms with van der Waals surface area (Å²) in [5.74, 6) is 0.684. The summed E-state index contributed by atoms with van der Waals surface area (Å²) >= 11 is 1.70. The number of carbonyl (C=O) groups excluding carboxylic acids is 1. The Morgan fingerprint density at radius 2 is 1.68 bits per heavy atom. The molecule has 1 fully saturated rings. The number of hydrogen-bond acceptors (Lipinski definition) is 3. The Morgan fingerprint density at radius 1 is 0.960 bits per heavy atom. The van der Waals surface area contributed by atoms with Crippen LogP contribution in [0.2, 0.25) is 0 Å². The molecule has 1 heterocycles. The summed E-state index contributed by atoms with van der Waals surface area (Å²) < 4.78 is 0. The molecule has 0 saturated carbocycles. The molecule has 3 aromatic rings. The van der Waals surface area contributed by atoms with Crippen LogP contribution in [0.25, 0.3) is 10.8 Å². The molecule has 0 N–H and O–H groups in total. The first-order valence-corrected chi connectivity index (χ1v) is 9.39. The van der Waals surface area contributed by atoms with E-state index in [0.29, 0.717) is 5.75 Å². The van der Waals surface area contributed by atoms with Crippen molar-refractivity contribution in [1.82, 2.24) is 0 Å². The second-order valence-electron chi connectivity index (χ2n) is 6.41. The van der Waals surface area contributed by atoms with Gasteiger partial charge in [0.2, 0.25) is 5.91 Å².